The molecule has 0 saturated heterocycles. The molecule has 0 saturated carbocycles. The fraction of sp³-hybridized carbons (Fsp3) is 0.333. The third-order valence-electron chi connectivity index (χ3n) is 4.01. The van der Waals surface area contributed by atoms with Gasteiger partial charge in [0.2, 0.25) is 0 Å². The topological polar surface area (TPSA) is 81.1 Å². The van der Waals surface area contributed by atoms with Gasteiger partial charge < -0.3 is 10.8 Å². The van der Waals surface area contributed by atoms with E-state index in [1.807, 2.05) is 6.20 Å². The van der Waals surface area contributed by atoms with Crippen LogP contribution in [0, 0.1) is 0 Å². The number of nitrogens with zero attached hydrogens (tertiary/aromatic N) is 2. The second-order valence-corrected chi connectivity index (χ2v) is 5.66. The molecule has 1 aromatic carbocycles. The minimum absolute atomic E-state index is 0.199. The number of aromatic carboxylic acids is 1. The van der Waals surface area contributed by atoms with E-state index < -0.39 is 5.97 Å². The molecule has 1 aliphatic carbocycles. The number of aromatic nitrogens is 2. The molecule has 1 atom stereocenters. The Bertz CT molecular complexity index is 696. The highest BCUT2D eigenvalue weighted by Gasteiger charge is 2.24. The highest BCUT2D eigenvalue weighted by Crippen LogP contribution is 2.33. The van der Waals surface area contributed by atoms with Gasteiger partial charge in [0.1, 0.15) is 0 Å². The molecule has 0 amide bonds. The van der Waals surface area contributed by atoms with Gasteiger partial charge in [0.25, 0.3) is 0 Å². The lowest BCUT2D eigenvalue weighted by Crippen LogP contribution is -2.18. The first-order valence-corrected chi connectivity index (χ1v) is 7.29. The Balaban J connectivity index is 2.12. The number of carboxylic acid groups (broad SMARTS) is 1. The summed E-state index contributed by atoms with van der Waals surface area (Å²) in [6.07, 6.45) is 4.85. The highest BCUT2D eigenvalue weighted by atomic mass is 35.5. The maximum absolute atomic E-state index is 11.1. The third kappa shape index (κ3) is 2.43. The first-order valence-electron chi connectivity index (χ1n) is 6.92. The summed E-state index contributed by atoms with van der Waals surface area (Å²) in [7, 11) is 0. The fourth-order valence-corrected chi connectivity index (χ4v) is 3.11. The van der Waals surface area contributed by atoms with Gasteiger partial charge in [0.15, 0.2) is 0 Å². The van der Waals surface area contributed by atoms with Crippen LogP contribution in [0.3, 0.4) is 0 Å². The highest BCUT2D eigenvalue weighted by molar-refractivity contribution is 6.32. The van der Waals surface area contributed by atoms with Crippen molar-refractivity contribution in [2.24, 2.45) is 5.73 Å². The van der Waals surface area contributed by atoms with Crippen molar-refractivity contribution in [2.45, 2.75) is 25.2 Å². The van der Waals surface area contributed by atoms with E-state index in [1.165, 1.54) is 6.07 Å². The molecule has 2 aromatic rings. The SMILES string of the molecule is NCC1CCCc2c1cnn2-c1cc(C(=O)O)ccc1Cl. The molecule has 110 valence electrons. The second kappa shape index (κ2) is 5.50. The van der Waals surface area contributed by atoms with E-state index in [0.29, 0.717) is 23.2 Å². The fourth-order valence-electron chi connectivity index (χ4n) is 2.91. The van der Waals surface area contributed by atoms with E-state index in [9.17, 15) is 4.79 Å². The lowest BCUT2D eigenvalue weighted by atomic mass is 9.87. The van der Waals surface area contributed by atoms with Crippen molar-refractivity contribution in [1.29, 1.82) is 0 Å². The van der Waals surface area contributed by atoms with Crippen molar-refractivity contribution in [1.82, 2.24) is 9.78 Å². The zero-order chi connectivity index (χ0) is 15.0. The quantitative estimate of drug-likeness (QED) is 0.913. The van der Waals surface area contributed by atoms with E-state index in [4.69, 9.17) is 22.4 Å². The summed E-state index contributed by atoms with van der Waals surface area (Å²) in [5.41, 5.74) is 8.86. The average molecular weight is 306 g/mol. The van der Waals surface area contributed by atoms with Crippen LogP contribution >= 0.6 is 11.6 Å². The van der Waals surface area contributed by atoms with E-state index in [1.54, 1.807) is 16.8 Å². The summed E-state index contributed by atoms with van der Waals surface area (Å²) in [6.45, 7) is 0.599. The van der Waals surface area contributed by atoms with Crippen LogP contribution in [-0.2, 0) is 6.42 Å². The van der Waals surface area contributed by atoms with Crippen LogP contribution < -0.4 is 5.73 Å². The standard InChI is InChI=1S/C15H16ClN3O2/c16-12-5-4-9(15(20)21)6-14(12)19-13-3-1-2-10(7-17)11(13)8-18-19/h4-6,8,10H,1-3,7,17H2,(H,20,21). The molecule has 0 radical (unpaired) electrons. The number of rotatable bonds is 3. The number of halogens is 1. The van der Waals surface area contributed by atoms with Gasteiger partial charge in [-0.15, -0.1) is 0 Å². The van der Waals surface area contributed by atoms with Gasteiger partial charge in [0.05, 0.1) is 22.5 Å². The molecule has 0 aliphatic heterocycles. The van der Waals surface area contributed by atoms with Gasteiger partial charge >= 0.3 is 5.97 Å². The number of hydrogen-bond donors (Lipinski definition) is 2. The van der Waals surface area contributed by atoms with Crippen LogP contribution in [0.25, 0.3) is 5.69 Å². The maximum atomic E-state index is 11.1. The van der Waals surface area contributed by atoms with Gasteiger partial charge in [-0.2, -0.15) is 5.10 Å². The zero-order valence-electron chi connectivity index (χ0n) is 11.4. The lowest BCUT2D eigenvalue weighted by molar-refractivity contribution is 0.0697. The number of carboxylic acids is 1. The van der Waals surface area contributed by atoms with E-state index in [2.05, 4.69) is 5.10 Å². The molecule has 0 fully saturated rings. The van der Waals surface area contributed by atoms with E-state index in [-0.39, 0.29) is 5.56 Å². The molecule has 0 bridgehead atoms. The van der Waals surface area contributed by atoms with Crippen molar-refractivity contribution >= 4 is 17.6 Å². The molecular weight excluding hydrogens is 290 g/mol. The molecule has 1 aliphatic rings. The third-order valence-corrected chi connectivity index (χ3v) is 4.33. The molecule has 6 heteroatoms. The predicted molar refractivity (Wildman–Crippen MR) is 80.3 cm³/mol. The normalized spacial score (nSPS) is 17.5. The van der Waals surface area contributed by atoms with Crippen LogP contribution in [0.5, 0.6) is 0 Å². The van der Waals surface area contributed by atoms with Crippen LogP contribution in [-0.4, -0.2) is 27.4 Å². The van der Waals surface area contributed by atoms with Gasteiger partial charge in [-0.1, -0.05) is 11.6 Å². The van der Waals surface area contributed by atoms with Crippen LogP contribution in [0.2, 0.25) is 5.02 Å². The van der Waals surface area contributed by atoms with Crippen LogP contribution in [0.4, 0.5) is 0 Å². The van der Waals surface area contributed by atoms with Crippen LogP contribution in [0.15, 0.2) is 24.4 Å². The molecule has 5 nitrogen and oxygen atoms in total. The molecule has 1 heterocycles. The largest absolute Gasteiger partial charge is 0.478 e. The van der Waals surface area contributed by atoms with Crippen molar-refractivity contribution in [3.8, 4) is 5.69 Å². The monoisotopic (exact) mass is 305 g/mol. The smallest absolute Gasteiger partial charge is 0.335 e. The number of carbonyl (C=O) groups is 1. The Hall–Kier alpha value is -1.85. The van der Waals surface area contributed by atoms with E-state index in [0.717, 1.165) is 30.5 Å². The van der Waals surface area contributed by atoms with Gasteiger partial charge in [-0.3, -0.25) is 0 Å². The predicted octanol–water partition coefficient (Wildman–Crippen LogP) is 2.60. The number of hydrogen-bond acceptors (Lipinski definition) is 3. The van der Waals surface area contributed by atoms with Gasteiger partial charge in [0, 0.05) is 5.69 Å². The van der Waals surface area contributed by atoms with Gasteiger partial charge in [-0.25, -0.2) is 9.48 Å². The molecule has 1 unspecified atom stereocenters. The Labute approximate surface area is 127 Å². The molecule has 3 N–H and O–H groups in total. The van der Waals surface area contributed by atoms with Crippen LogP contribution in [0.1, 0.15) is 40.4 Å². The van der Waals surface area contributed by atoms with Crippen molar-refractivity contribution in [2.75, 3.05) is 6.54 Å². The first-order chi connectivity index (χ1) is 10.1. The number of nitrogens with two attached hydrogens (primary N) is 1. The summed E-state index contributed by atoms with van der Waals surface area (Å²) in [6, 6.07) is 4.65. The Kier molecular flexibility index (Phi) is 3.69. The molecular formula is C15H16ClN3O2. The Morgan fingerprint density at radius 2 is 2.33 bits per heavy atom. The van der Waals surface area contributed by atoms with Crippen molar-refractivity contribution < 1.29 is 9.90 Å². The number of fused-ring (bicyclic) bond motifs is 1. The summed E-state index contributed by atoms with van der Waals surface area (Å²) in [4.78, 5) is 11.1. The molecule has 21 heavy (non-hydrogen) atoms. The molecule has 0 spiro atoms. The summed E-state index contributed by atoms with van der Waals surface area (Å²) < 4.78 is 1.76. The van der Waals surface area contributed by atoms with Gasteiger partial charge in [-0.05, 0) is 55.5 Å². The first kappa shape index (κ1) is 14.1. The summed E-state index contributed by atoms with van der Waals surface area (Å²) >= 11 is 6.23. The zero-order valence-corrected chi connectivity index (χ0v) is 12.2. The Morgan fingerprint density at radius 3 is 3.05 bits per heavy atom. The molecule has 1 aromatic heterocycles. The summed E-state index contributed by atoms with van der Waals surface area (Å²) in [5.74, 6) is -0.655. The lowest BCUT2D eigenvalue weighted by Gasteiger charge is -2.22. The second-order valence-electron chi connectivity index (χ2n) is 5.25. The maximum Gasteiger partial charge on any atom is 0.335 e. The number of benzene rings is 1. The van der Waals surface area contributed by atoms with Crippen molar-refractivity contribution in [3.05, 3.63) is 46.2 Å². The summed E-state index contributed by atoms with van der Waals surface area (Å²) in [5, 5.41) is 14.0. The minimum Gasteiger partial charge on any atom is -0.478 e. The average Bonchev–Trinajstić information content (AvgIpc) is 2.91. The van der Waals surface area contributed by atoms with Crippen molar-refractivity contribution in [3.63, 3.8) is 0 Å². The Morgan fingerprint density at radius 1 is 1.52 bits per heavy atom. The molecule has 3 rings (SSSR count). The minimum atomic E-state index is -0.978. The van der Waals surface area contributed by atoms with E-state index >= 15 is 0 Å².